The molecule has 2 fully saturated rings. The van der Waals surface area contributed by atoms with Gasteiger partial charge in [0.25, 0.3) is 0 Å². The lowest BCUT2D eigenvalue weighted by Gasteiger charge is -2.32. The molecule has 0 aliphatic carbocycles. The van der Waals surface area contributed by atoms with Gasteiger partial charge in [0.15, 0.2) is 0 Å². The van der Waals surface area contributed by atoms with E-state index in [0.717, 1.165) is 0 Å². The molecule has 0 N–H and O–H groups in total. The molecule has 0 bridgehead atoms. The molecule has 1 aromatic carbocycles. The number of halogens is 1. The van der Waals surface area contributed by atoms with Crippen LogP contribution in [0.1, 0.15) is 43.6 Å². The van der Waals surface area contributed by atoms with E-state index in [9.17, 15) is 4.79 Å². The van der Waals surface area contributed by atoms with Gasteiger partial charge in [0.05, 0.1) is 42.8 Å². The molecule has 8 heteroatoms. The van der Waals surface area contributed by atoms with Crippen molar-refractivity contribution in [3.8, 4) is 0 Å². The maximum Gasteiger partial charge on any atom is 0.497 e. The predicted octanol–water partition coefficient (Wildman–Crippen LogP) is 2.06. The third kappa shape index (κ3) is 3.46. The first-order valence-electron chi connectivity index (χ1n) is 9.18. The smallest absolute Gasteiger partial charge is 0.465 e. The minimum Gasteiger partial charge on any atom is -0.465 e. The highest BCUT2D eigenvalue weighted by molar-refractivity contribution is 6.62. The van der Waals surface area contributed by atoms with Crippen LogP contribution in [0.4, 0.5) is 10.1 Å². The zero-order valence-electron chi connectivity index (χ0n) is 16.8. The van der Waals surface area contributed by atoms with Gasteiger partial charge < -0.3 is 23.7 Å². The third-order valence-corrected chi connectivity index (χ3v) is 5.75. The van der Waals surface area contributed by atoms with Crippen molar-refractivity contribution in [1.82, 2.24) is 0 Å². The SMILES string of the molecule is COC(=O)c1c(N2CCOCC2)cc(B2OC(C)(C)C(C)(C)O2)c(F)c1C. The van der Waals surface area contributed by atoms with E-state index in [1.54, 1.807) is 13.0 Å². The molecule has 2 aliphatic rings. The van der Waals surface area contributed by atoms with E-state index < -0.39 is 30.1 Å². The molecular weight excluding hydrogens is 352 g/mol. The van der Waals surface area contributed by atoms with Crippen molar-refractivity contribution in [2.45, 2.75) is 45.8 Å². The number of carbonyl (C=O) groups is 1. The Kier molecular flexibility index (Phi) is 5.27. The molecule has 3 rings (SSSR count). The number of benzene rings is 1. The number of carbonyl (C=O) groups excluding carboxylic acids is 1. The Morgan fingerprint density at radius 3 is 2.26 bits per heavy atom. The molecular formula is C19H27BFNO5. The lowest BCUT2D eigenvalue weighted by molar-refractivity contribution is 0.00578. The van der Waals surface area contributed by atoms with E-state index in [1.165, 1.54) is 7.11 Å². The number of morpholine rings is 1. The van der Waals surface area contributed by atoms with Gasteiger partial charge in [-0.3, -0.25) is 0 Å². The molecule has 2 aliphatic heterocycles. The monoisotopic (exact) mass is 379 g/mol. The fraction of sp³-hybridized carbons (Fsp3) is 0.632. The van der Waals surface area contributed by atoms with E-state index in [-0.39, 0.29) is 11.1 Å². The molecule has 0 unspecified atom stereocenters. The van der Waals surface area contributed by atoms with Gasteiger partial charge in [0, 0.05) is 24.1 Å². The van der Waals surface area contributed by atoms with E-state index >= 15 is 4.39 Å². The van der Waals surface area contributed by atoms with Crippen LogP contribution >= 0.6 is 0 Å². The second-order valence-electron chi connectivity index (χ2n) is 7.98. The molecule has 0 atom stereocenters. The molecule has 0 radical (unpaired) electrons. The number of rotatable bonds is 3. The van der Waals surface area contributed by atoms with Crippen LogP contribution in [0, 0.1) is 12.7 Å². The molecule has 27 heavy (non-hydrogen) atoms. The number of hydrogen-bond donors (Lipinski definition) is 0. The molecule has 0 saturated carbocycles. The van der Waals surface area contributed by atoms with Crippen LogP contribution in [0.25, 0.3) is 0 Å². The Morgan fingerprint density at radius 1 is 1.19 bits per heavy atom. The highest BCUT2D eigenvalue weighted by Crippen LogP contribution is 2.37. The van der Waals surface area contributed by atoms with Crippen molar-refractivity contribution in [3.05, 3.63) is 23.0 Å². The highest BCUT2D eigenvalue weighted by atomic mass is 19.1. The van der Waals surface area contributed by atoms with E-state index in [2.05, 4.69) is 0 Å². The topological polar surface area (TPSA) is 57.2 Å². The summed E-state index contributed by atoms with van der Waals surface area (Å²) in [7, 11) is 0.449. The van der Waals surface area contributed by atoms with Crippen molar-refractivity contribution < 1.29 is 28.0 Å². The fourth-order valence-electron chi connectivity index (χ4n) is 3.36. The average Bonchev–Trinajstić information content (AvgIpc) is 2.84. The maximum absolute atomic E-state index is 15.3. The first kappa shape index (κ1) is 20.1. The fourth-order valence-corrected chi connectivity index (χ4v) is 3.36. The predicted molar refractivity (Wildman–Crippen MR) is 101 cm³/mol. The quantitative estimate of drug-likeness (QED) is 0.592. The van der Waals surface area contributed by atoms with Crippen LogP contribution in [-0.2, 0) is 18.8 Å². The van der Waals surface area contributed by atoms with Crippen LogP contribution in [-0.4, -0.2) is 57.7 Å². The molecule has 0 amide bonds. The second kappa shape index (κ2) is 7.07. The highest BCUT2D eigenvalue weighted by Gasteiger charge is 2.53. The first-order chi connectivity index (χ1) is 12.6. The van der Waals surface area contributed by atoms with Gasteiger partial charge in [0.2, 0.25) is 0 Å². The zero-order valence-corrected chi connectivity index (χ0v) is 16.8. The number of anilines is 1. The number of esters is 1. The Bertz CT molecular complexity index is 730. The molecule has 0 aromatic heterocycles. The van der Waals surface area contributed by atoms with Crippen molar-refractivity contribution in [3.63, 3.8) is 0 Å². The lowest BCUT2D eigenvalue weighted by atomic mass is 9.76. The number of nitrogens with zero attached hydrogens (tertiary/aromatic N) is 1. The largest absolute Gasteiger partial charge is 0.497 e. The van der Waals surface area contributed by atoms with Crippen molar-refractivity contribution in [1.29, 1.82) is 0 Å². The summed E-state index contributed by atoms with van der Waals surface area (Å²) in [6, 6.07) is 1.65. The summed E-state index contributed by atoms with van der Waals surface area (Å²) in [5.74, 6) is -1.07. The lowest BCUT2D eigenvalue weighted by Crippen LogP contribution is -2.41. The molecule has 148 valence electrons. The zero-order chi connectivity index (χ0) is 20.0. The summed E-state index contributed by atoms with van der Waals surface area (Å²) in [4.78, 5) is 14.4. The summed E-state index contributed by atoms with van der Waals surface area (Å²) in [6.07, 6.45) is 0. The summed E-state index contributed by atoms with van der Waals surface area (Å²) in [6.45, 7) is 11.6. The minimum atomic E-state index is -0.847. The van der Waals surface area contributed by atoms with Gasteiger partial charge in [-0.05, 0) is 40.7 Å². The van der Waals surface area contributed by atoms with E-state index in [1.807, 2.05) is 32.6 Å². The first-order valence-corrected chi connectivity index (χ1v) is 9.18. The summed E-state index contributed by atoms with van der Waals surface area (Å²) < 4.78 is 37.6. The molecule has 1 aromatic rings. The summed E-state index contributed by atoms with van der Waals surface area (Å²) in [5.41, 5.74) is 0.206. The van der Waals surface area contributed by atoms with Gasteiger partial charge in [-0.2, -0.15) is 0 Å². The second-order valence-corrected chi connectivity index (χ2v) is 7.98. The van der Waals surface area contributed by atoms with Gasteiger partial charge in [-0.25, -0.2) is 9.18 Å². The summed E-state index contributed by atoms with van der Waals surface area (Å²) >= 11 is 0. The third-order valence-electron chi connectivity index (χ3n) is 5.75. The minimum absolute atomic E-state index is 0.232. The van der Waals surface area contributed by atoms with Gasteiger partial charge in [-0.1, -0.05) is 0 Å². The number of hydrogen-bond acceptors (Lipinski definition) is 6. The van der Waals surface area contributed by atoms with Crippen molar-refractivity contribution >= 4 is 24.2 Å². The van der Waals surface area contributed by atoms with Gasteiger partial charge in [0.1, 0.15) is 5.82 Å². The average molecular weight is 379 g/mol. The Labute approximate surface area is 160 Å². The van der Waals surface area contributed by atoms with Crippen LogP contribution in [0.3, 0.4) is 0 Å². The maximum atomic E-state index is 15.3. The van der Waals surface area contributed by atoms with Crippen molar-refractivity contribution in [2.24, 2.45) is 0 Å². The molecule has 6 nitrogen and oxygen atoms in total. The van der Waals surface area contributed by atoms with Crippen LogP contribution in [0.15, 0.2) is 6.07 Å². The standard InChI is InChI=1S/C19H27BFNO5/c1-12-15(17(23)24-6)14(22-7-9-25-10-8-22)11-13(16(12)21)20-26-18(2,3)19(4,5)27-20/h11H,7-10H2,1-6H3. The number of ether oxygens (including phenoxy) is 2. The molecule has 2 saturated heterocycles. The van der Waals surface area contributed by atoms with Crippen LogP contribution < -0.4 is 10.4 Å². The molecule has 0 spiro atoms. The summed E-state index contributed by atoms with van der Waals surface area (Å²) in [5, 5.41) is 0. The Morgan fingerprint density at radius 2 is 1.74 bits per heavy atom. The van der Waals surface area contributed by atoms with Crippen LogP contribution in [0.2, 0.25) is 0 Å². The van der Waals surface area contributed by atoms with E-state index in [4.69, 9.17) is 18.8 Å². The van der Waals surface area contributed by atoms with E-state index in [0.29, 0.717) is 37.5 Å². The Hall–Kier alpha value is -1.64. The Balaban J connectivity index is 2.11. The molecule has 2 heterocycles. The number of methoxy groups -OCH3 is 1. The van der Waals surface area contributed by atoms with Gasteiger partial charge >= 0.3 is 13.1 Å². The normalized spacial score (nSPS) is 21.4. The van der Waals surface area contributed by atoms with Gasteiger partial charge in [-0.15, -0.1) is 0 Å². The van der Waals surface area contributed by atoms with Crippen molar-refractivity contribution in [2.75, 3.05) is 38.3 Å². The van der Waals surface area contributed by atoms with Crippen LogP contribution in [0.5, 0.6) is 0 Å².